The van der Waals surface area contributed by atoms with Gasteiger partial charge in [-0.3, -0.25) is 10.3 Å². The van der Waals surface area contributed by atoms with Crippen molar-refractivity contribution in [2.75, 3.05) is 20.2 Å². The predicted octanol–water partition coefficient (Wildman–Crippen LogP) is 4.13. The van der Waals surface area contributed by atoms with Crippen molar-refractivity contribution in [3.63, 3.8) is 0 Å². The van der Waals surface area contributed by atoms with E-state index in [4.69, 9.17) is 9.73 Å². The SMILES string of the molecule is COc1ccc([C@@H]2CC(c3ccccc3O)=NC3(CCN(C(C)C)CC3)N2)cc1. The van der Waals surface area contributed by atoms with Gasteiger partial charge in [0.25, 0.3) is 0 Å². The molecule has 2 N–H and O–H groups in total. The first-order chi connectivity index (χ1) is 14.0. The Labute approximate surface area is 173 Å². The van der Waals surface area contributed by atoms with Gasteiger partial charge < -0.3 is 14.7 Å². The van der Waals surface area contributed by atoms with E-state index < -0.39 is 0 Å². The normalized spacial score (nSPS) is 21.9. The molecule has 0 bridgehead atoms. The number of rotatable bonds is 4. The number of piperidine rings is 1. The Morgan fingerprint density at radius 3 is 2.41 bits per heavy atom. The molecule has 1 atom stereocenters. The van der Waals surface area contributed by atoms with Crippen LogP contribution >= 0.6 is 0 Å². The summed E-state index contributed by atoms with van der Waals surface area (Å²) in [5.74, 6) is 1.16. The minimum Gasteiger partial charge on any atom is -0.507 e. The lowest BCUT2D eigenvalue weighted by molar-refractivity contribution is 0.103. The number of benzene rings is 2. The summed E-state index contributed by atoms with van der Waals surface area (Å²) in [4.78, 5) is 7.71. The van der Waals surface area contributed by atoms with Gasteiger partial charge in [-0.05, 0) is 56.5 Å². The van der Waals surface area contributed by atoms with E-state index in [9.17, 15) is 5.11 Å². The molecule has 0 radical (unpaired) electrons. The monoisotopic (exact) mass is 393 g/mol. The van der Waals surface area contributed by atoms with Crippen LogP contribution in [0.15, 0.2) is 53.5 Å². The minimum atomic E-state index is -0.286. The highest BCUT2D eigenvalue weighted by atomic mass is 16.5. The number of phenols is 1. The smallest absolute Gasteiger partial charge is 0.124 e. The summed E-state index contributed by atoms with van der Waals surface area (Å²) in [6, 6.07) is 16.5. The Morgan fingerprint density at radius 2 is 1.79 bits per heavy atom. The summed E-state index contributed by atoms with van der Waals surface area (Å²) in [5, 5.41) is 14.3. The lowest BCUT2D eigenvalue weighted by Gasteiger charge is -2.46. The Balaban J connectivity index is 1.68. The standard InChI is InChI=1S/C24H31N3O2/c1-17(2)27-14-12-24(13-15-27)25-21(18-8-10-19(29-3)11-9-18)16-22(26-24)20-6-4-5-7-23(20)28/h4-11,17,21,25,28H,12-16H2,1-3H3/t21-/m0/s1. The van der Waals surface area contributed by atoms with Gasteiger partial charge in [-0.2, -0.15) is 0 Å². The van der Waals surface area contributed by atoms with Crippen molar-refractivity contribution >= 4 is 5.71 Å². The van der Waals surface area contributed by atoms with Gasteiger partial charge >= 0.3 is 0 Å². The fourth-order valence-corrected chi connectivity index (χ4v) is 4.50. The van der Waals surface area contributed by atoms with E-state index in [1.165, 1.54) is 5.56 Å². The maximum atomic E-state index is 10.5. The lowest BCUT2D eigenvalue weighted by Crippen LogP contribution is -2.56. The number of methoxy groups -OCH3 is 1. The lowest BCUT2D eigenvalue weighted by atomic mass is 9.87. The molecule has 2 aromatic carbocycles. The predicted molar refractivity (Wildman–Crippen MR) is 117 cm³/mol. The van der Waals surface area contributed by atoms with Crippen LogP contribution < -0.4 is 10.1 Å². The highest BCUT2D eigenvalue weighted by Gasteiger charge is 2.40. The van der Waals surface area contributed by atoms with Crippen molar-refractivity contribution in [3.8, 4) is 11.5 Å². The molecule has 5 nitrogen and oxygen atoms in total. The molecule has 2 aliphatic heterocycles. The van der Waals surface area contributed by atoms with E-state index >= 15 is 0 Å². The summed E-state index contributed by atoms with van der Waals surface area (Å²) in [7, 11) is 1.69. The number of ether oxygens (including phenoxy) is 1. The number of para-hydroxylation sites is 1. The van der Waals surface area contributed by atoms with E-state index in [2.05, 4.69) is 36.2 Å². The van der Waals surface area contributed by atoms with Gasteiger partial charge in [-0.15, -0.1) is 0 Å². The van der Waals surface area contributed by atoms with Crippen LogP contribution in [0.25, 0.3) is 0 Å². The quantitative estimate of drug-likeness (QED) is 0.820. The van der Waals surface area contributed by atoms with E-state index in [1.807, 2.05) is 30.3 Å². The van der Waals surface area contributed by atoms with Gasteiger partial charge in [-0.25, -0.2) is 0 Å². The fraction of sp³-hybridized carbons (Fsp3) is 0.458. The van der Waals surface area contributed by atoms with E-state index in [0.717, 1.165) is 49.4 Å². The van der Waals surface area contributed by atoms with Gasteiger partial charge in [0.1, 0.15) is 17.2 Å². The molecule has 29 heavy (non-hydrogen) atoms. The molecule has 0 aliphatic carbocycles. The van der Waals surface area contributed by atoms with Gasteiger partial charge in [0.15, 0.2) is 0 Å². The summed E-state index contributed by atoms with van der Waals surface area (Å²) >= 11 is 0. The van der Waals surface area contributed by atoms with Crippen LogP contribution in [0.1, 0.15) is 50.3 Å². The van der Waals surface area contributed by atoms with Crippen LogP contribution in [-0.2, 0) is 0 Å². The number of hydrogen-bond donors (Lipinski definition) is 2. The van der Waals surface area contributed by atoms with Gasteiger partial charge in [-0.1, -0.05) is 24.3 Å². The van der Waals surface area contributed by atoms with Gasteiger partial charge in [0.05, 0.1) is 7.11 Å². The Hall–Kier alpha value is -2.37. The van der Waals surface area contributed by atoms with Crippen molar-refractivity contribution in [3.05, 3.63) is 59.7 Å². The third-order valence-corrected chi connectivity index (χ3v) is 6.28. The molecule has 154 valence electrons. The third-order valence-electron chi connectivity index (χ3n) is 6.28. The highest BCUT2D eigenvalue weighted by Crippen LogP contribution is 2.37. The first-order valence-corrected chi connectivity index (χ1v) is 10.5. The summed E-state index contributed by atoms with van der Waals surface area (Å²) < 4.78 is 5.32. The van der Waals surface area contributed by atoms with Crippen molar-refractivity contribution in [2.24, 2.45) is 4.99 Å². The maximum absolute atomic E-state index is 10.5. The molecule has 1 fully saturated rings. The molecule has 0 aromatic heterocycles. The third kappa shape index (κ3) is 4.16. The molecular weight excluding hydrogens is 362 g/mol. The topological polar surface area (TPSA) is 57.1 Å². The van der Waals surface area contributed by atoms with Crippen molar-refractivity contribution in [2.45, 2.75) is 50.9 Å². The molecule has 2 heterocycles. The number of aromatic hydroxyl groups is 1. The van der Waals surface area contributed by atoms with Crippen LogP contribution in [0, 0.1) is 0 Å². The molecule has 2 aromatic rings. The number of hydrogen-bond acceptors (Lipinski definition) is 5. The van der Waals surface area contributed by atoms with Crippen LogP contribution in [0.5, 0.6) is 11.5 Å². The van der Waals surface area contributed by atoms with E-state index in [1.54, 1.807) is 13.2 Å². The number of nitrogens with one attached hydrogen (secondary N) is 1. The molecule has 0 saturated carbocycles. The minimum absolute atomic E-state index is 0.151. The molecule has 5 heteroatoms. The van der Waals surface area contributed by atoms with E-state index in [-0.39, 0.29) is 11.7 Å². The average molecular weight is 394 g/mol. The highest BCUT2D eigenvalue weighted by molar-refractivity contribution is 6.03. The van der Waals surface area contributed by atoms with Crippen molar-refractivity contribution < 1.29 is 9.84 Å². The summed E-state index contributed by atoms with van der Waals surface area (Å²) in [5.41, 5.74) is 2.77. The molecular formula is C24H31N3O2. The number of aliphatic imine (C=N–C) groups is 1. The Kier molecular flexibility index (Phi) is 5.61. The second kappa shape index (κ2) is 8.17. The maximum Gasteiger partial charge on any atom is 0.124 e. The molecule has 0 unspecified atom stereocenters. The first-order valence-electron chi connectivity index (χ1n) is 10.5. The zero-order valence-electron chi connectivity index (χ0n) is 17.6. The first kappa shape index (κ1) is 19.9. The number of nitrogens with zero attached hydrogens (tertiary/aromatic N) is 2. The van der Waals surface area contributed by atoms with Crippen molar-refractivity contribution in [1.29, 1.82) is 0 Å². The largest absolute Gasteiger partial charge is 0.507 e. The summed E-state index contributed by atoms with van der Waals surface area (Å²) in [6.07, 6.45) is 2.68. The number of phenolic OH excluding ortho intramolecular Hbond substituents is 1. The van der Waals surface area contributed by atoms with Gasteiger partial charge in [0.2, 0.25) is 0 Å². The second-order valence-electron chi connectivity index (χ2n) is 8.41. The molecule has 4 rings (SSSR count). The number of likely N-dealkylation sites (tertiary alicyclic amines) is 1. The summed E-state index contributed by atoms with van der Waals surface area (Å²) in [6.45, 7) is 6.56. The molecule has 2 aliphatic rings. The van der Waals surface area contributed by atoms with Crippen molar-refractivity contribution in [1.82, 2.24) is 10.2 Å². The van der Waals surface area contributed by atoms with Crippen LogP contribution in [0.4, 0.5) is 0 Å². The van der Waals surface area contributed by atoms with E-state index in [0.29, 0.717) is 11.8 Å². The second-order valence-corrected chi connectivity index (χ2v) is 8.41. The zero-order chi connectivity index (χ0) is 20.4. The Bertz CT molecular complexity index is 868. The molecule has 1 spiro atoms. The van der Waals surface area contributed by atoms with Crippen LogP contribution in [-0.4, -0.2) is 47.6 Å². The Morgan fingerprint density at radius 1 is 1.10 bits per heavy atom. The fourth-order valence-electron chi connectivity index (χ4n) is 4.50. The zero-order valence-corrected chi connectivity index (χ0v) is 17.6. The molecule has 0 amide bonds. The molecule has 1 saturated heterocycles. The average Bonchev–Trinajstić information content (AvgIpc) is 2.74. The van der Waals surface area contributed by atoms with Crippen LogP contribution in [0.3, 0.4) is 0 Å². The van der Waals surface area contributed by atoms with Gasteiger partial charge in [0, 0.05) is 42.9 Å². The van der Waals surface area contributed by atoms with Crippen LogP contribution in [0.2, 0.25) is 0 Å².